The van der Waals surface area contributed by atoms with Crippen molar-refractivity contribution in [1.82, 2.24) is 20.3 Å². The molecule has 0 radical (unpaired) electrons. The number of fused-ring (bicyclic) bond motifs is 2. The summed E-state index contributed by atoms with van der Waals surface area (Å²) in [6, 6.07) is 15.4. The zero-order chi connectivity index (χ0) is 22.8. The van der Waals surface area contributed by atoms with Crippen LogP contribution in [0.25, 0.3) is 22.2 Å². The first-order valence-corrected chi connectivity index (χ1v) is 10.7. The number of benzene rings is 2. The Kier molecular flexibility index (Phi) is 6.83. The van der Waals surface area contributed by atoms with Crippen molar-refractivity contribution < 1.29 is 14.3 Å². The van der Waals surface area contributed by atoms with Crippen molar-refractivity contribution in [3.05, 3.63) is 72.2 Å². The van der Waals surface area contributed by atoms with Gasteiger partial charge in [-0.05, 0) is 29.8 Å². The molecule has 0 saturated carbocycles. The predicted molar refractivity (Wildman–Crippen MR) is 136 cm³/mol. The number of amides is 1. The van der Waals surface area contributed by atoms with Crippen molar-refractivity contribution in [3.63, 3.8) is 0 Å². The highest BCUT2D eigenvalue weighted by atomic mass is 32.1. The van der Waals surface area contributed by atoms with Gasteiger partial charge >= 0.3 is 0 Å². The van der Waals surface area contributed by atoms with Gasteiger partial charge in [-0.1, -0.05) is 25.1 Å². The van der Waals surface area contributed by atoms with E-state index in [-0.39, 0.29) is 32.1 Å². The standard InChI is InChI=1S/C25H23N5O3.H2S/c1-15(17-4-3-5-18-19(25(31)26-2)8-9-27-24(17)18)12-28-23-11-20(29-13-30-23)16-6-7-21-22(10-16)33-14-32-21;/h3-11,13,15H,12,14H2,1-2H3,(H,26,31)(H,28,29,30);1H2/t15-;/m1./s1. The van der Waals surface area contributed by atoms with Gasteiger partial charge < -0.3 is 20.1 Å². The average molecular weight is 476 g/mol. The number of hydrogen-bond acceptors (Lipinski definition) is 7. The van der Waals surface area contributed by atoms with Gasteiger partial charge in [-0.25, -0.2) is 9.97 Å². The molecule has 0 fully saturated rings. The zero-order valence-electron chi connectivity index (χ0n) is 18.8. The van der Waals surface area contributed by atoms with Gasteiger partial charge in [0, 0.05) is 42.7 Å². The summed E-state index contributed by atoms with van der Waals surface area (Å²) in [5.74, 6) is 2.19. The molecule has 8 nitrogen and oxygen atoms in total. The molecule has 4 aromatic rings. The summed E-state index contributed by atoms with van der Waals surface area (Å²) in [7, 11) is 1.63. The number of nitrogens with zero attached hydrogens (tertiary/aromatic N) is 3. The van der Waals surface area contributed by atoms with Gasteiger partial charge in [0.05, 0.1) is 16.8 Å². The van der Waals surface area contributed by atoms with Crippen LogP contribution in [0.4, 0.5) is 5.82 Å². The van der Waals surface area contributed by atoms with E-state index in [2.05, 4.69) is 32.5 Å². The number of aromatic nitrogens is 3. The van der Waals surface area contributed by atoms with Crippen LogP contribution >= 0.6 is 13.5 Å². The number of rotatable bonds is 6. The van der Waals surface area contributed by atoms with Crippen LogP contribution in [0.15, 0.2) is 61.1 Å². The van der Waals surface area contributed by atoms with Crippen LogP contribution in [-0.2, 0) is 0 Å². The first-order chi connectivity index (χ1) is 16.1. The average Bonchev–Trinajstić information content (AvgIpc) is 3.34. The molecule has 34 heavy (non-hydrogen) atoms. The largest absolute Gasteiger partial charge is 0.454 e. The van der Waals surface area contributed by atoms with Crippen molar-refractivity contribution in [1.29, 1.82) is 0 Å². The van der Waals surface area contributed by atoms with E-state index in [1.54, 1.807) is 25.6 Å². The van der Waals surface area contributed by atoms with Crippen molar-refractivity contribution in [2.45, 2.75) is 12.8 Å². The third-order valence-corrected chi connectivity index (χ3v) is 5.73. The number of nitrogens with one attached hydrogen (secondary N) is 2. The number of hydrogen-bond donors (Lipinski definition) is 2. The summed E-state index contributed by atoms with van der Waals surface area (Å²) in [5, 5.41) is 6.94. The molecular weight excluding hydrogens is 450 g/mol. The highest BCUT2D eigenvalue weighted by molar-refractivity contribution is 7.59. The Labute approximate surface area is 204 Å². The summed E-state index contributed by atoms with van der Waals surface area (Å²) in [6.07, 6.45) is 3.22. The fourth-order valence-electron chi connectivity index (χ4n) is 3.96. The minimum atomic E-state index is -0.123. The molecule has 0 spiro atoms. The SMILES string of the molecule is CNC(=O)c1ccnc2c([C@H](C)CNc3cc(-c4ccc5c(c4)OCO5)ncn3)cccc12.S. The van der Waals surface area contributed by atoms with E-state index in [0.29, 0.717) is 17.9 Å². The van der Waals surface area contributed by atoms with Crippen LogP contribution in [0.1, 0.15) is 28.8 Å². The Balaban J connectivity index is 0.00000274. The normalized spacial score (nSPS) is 12.6. The Hall–Kier alpha value is -3.85. The summed E-state index contributed by atoms with van der Waals surface area (Å²) in [4.78, 5) is 25.6. The Morgan fingerprint density at radius 1 is 1.06 bits per heavy atom. The van der Waals surface area contributed by atoms with E-state index in [1.165, 1.54) is 0 Å². The maximum Gasteiger partial charge on any atom is 0.251 e. The molecule has 174 valence electrons. The van der Waals surface area contributed by atoms with Gasteiger partial charge in [0.25, 0.3) is 5.91 Å². The van der Waals surface area contributed by atoms with E-state index in [9.17, 15) is 4.79 Å². The maximum atomic E-state index is 12.3. The molecule has 1 atom stereocenters. The lowest BCUT2D eigenvalue weighted by Gasteiger charge is -2.16. The fraction of sp³-hybridized carbons (Fsp3) is 0.200. The Morgan fingerprint density at radius 2 is 1.91 bits per heavy atom. The minimum absolute atomic E-state index is 0. The third-order valence-electron chi connectivity index (χ3n) is 5.73. The molecule has 5 rings (SSSR count). The summed E-state index contributed by atoms with van der Waals surface area (Å²) < 4.78 is 10.9. The molecule has 1 aliphatic heterocycles. The second-order valence-electron chi connectivity index (χ2n) is 7.82. The van der Waals surface area contributed by atoms with Gasteiger partial charge in [-0.15, -0.1) is 0 Å². The van der Waals surface area contributed by atoms with Crippen molar-refractivity contribution in [3.8, 4) is 22.8 Å². The van der Waals surface area contributed by atoms with E-state index >= 15 is 0 Å². The lowest BCUT2D eigenvalue weighted by Crippen LogP contribution is -2.18. The van der Waals surface area contributed by atoms with Crippen LogP contribution in [-0.4, -0.2) is 41.2 Å². The molecular formula is C25H25N5O3S. The van der Waals surface area contributed by atoms with Gasteiger partial charge in [0.1, 0.15) is 12.1 Å². The molecule has 0 aliphatic carbocycles. The van der Waals surface area contributed by atoms with E-state index in [0.717, 1.165) is 39.3 Å². The monoisotopic (exact) mass is 475 g/mol. The highest BCUT2D eigenvalue weighted by Gasteiger charge is 2.16. The molecule has 0 saturated heterocycles. The summed E-state index contributed by atoms with van der Waals surface area (Å²) in [5.41, 5.74) is 4.24. The summed E-state index contributed by atoms with van der Waals surface area (Å²) in [6.45, 7) is 3.00. The molecule has 9 heteroatoms. The fourth-order valence-corrected chi connectivity index (χ4v) is 3.96. The number of carbonyl (C=O) groups is 1. The van der Waals surface area contributed by atoms with Crippen LogP contribution in [0.3, 0.4) is 0 Å². The quantitative estimate of drug-likeness (QED) is 0.433. The van der Waals surface area contributed by atoms with Crippen LogP contribution < -0.4 is 20.1 Å². The zero-order valence-corrected chi connectivity index (χ0v) is 19.8. The van der Waals surface area contributed by atoms with E-state index in [1.807, 2.05) is 42.5 Å². The lowest BCUT2D eigenvalue weighted by molar-refractivity contribution is 0.0964. The molecule has 1 aliphatic rings. The molecule has 2 aromatic heterocycles. The van der Waals surface area contributed by atoms with Gasteiger partial charge in [-0.3, -0.25) is 9.78 Å². The topological polar surface area (TPSA) is 98.3 Å². The smallest absolute Gasteiger partial charge is 0.251 e. The molecule has 1 amide bonds. The predicted octanol–water partition coefficient (Wildman–Crippen LogP) is 4.11. The number of pyridine rings is 1. The number of ether oxygens (including phenoxy) is 2. The number of para-hydroxylation sites is 1. The van der Waals surface area contributed by atoms with Crippen molar-refractivity contribution in [2.75, 3.05) is 25.7 Å². The van der Waals surface area contributed by atoms with E-state index in [4.69, 9.17) is 9.47 Å². The maximum absolute atomic E-state index is 12.3. The van der Waals surface area contributed by atoms with Gasteiger partial charge in [-0.2, -0.15) is 13.5 Å². The molecule has 3 heterocycles. The second kappa shape index (κ2) is 9.96. The van der Waals surface area contributed by atoms with Crippen LogP contribution in [0, 0.1) is 0 Å². The van der Waals surface area contributed by atoms with Crippen molar-refractivity contribution >= 4 is 36.1 Å². The van der Waals surface area contributed by atoms with Crippen LogP contribution in [0.2, 0.25) is 0 Å². The highest BCUT2D eigenvalue weighted by Crippen LogP contribution is 2.35. The van der Waals surface area contributed by atoms with Gasteiger partial charge in [0.15, 0.2) is 11.5 Å². The lowest BCUT2D eigenvalue weighted by atomic mass is 9.96. The summed E-state index contributed by atoms with van der Waals surface area (Å²) >= 11 is 0. The Bertz CT molecular complexity index is 1350. The molecule has 0 unspecified atom stereocenters. The van der Waals surface area contributed by atoms with Gasteiger partial charge in [0.2, 0.25) is 6.79 Å². The van der Waals surface area contributed by atoms with Crippen LogP contribution in [0.5, 0.6) is 11.5 Å². The second-order valence-corrected chi connectivity index (χ2v) is 7.82. The Morgan fingerprint density at radius 3 is 2.76 bits per heavy atom. The molecule has 0 bridgehead atoms. The first-order valence-electron chi connectivity index (χ1n) is 10.7. The van der Waals surface area contributed by atoms with E-state index < -0.39 is 0 Å². The molecule has 2 N–H and O–H groups in total. The molecule has 2 aromatic carbocycles. The minimum Gasteiger partial charge on any atom is -0.454 e. The third kappa shape index (κ3) is 4.47. The number of anilines is 1. The number of carbonyl (C=O) groups excluding carboxylic acids is 1. The first kappa shape index (κ1) is 23.3. The van der Waals surface area contributed by atoms with Crippen molar-refractivity contribution in [2.24, 2.45) is 0 Å².